The number of carbonyl (C=O) groups is 2. The van der Waals surface area contributed by atoms with E-state index in [2.05, 4.69) is 22.9 Å². The van der Waals surface area contributed by atoms with Gasteiger partial charge in [0, 0.05) is 39.0 Å². The van der Waals surface area contributed by atoms with E-state index in [1.165, 1.54) is 18.2 Å². The molecule has 0 aromatic heterocycles. The normalized spacial score (nSPS) is 21.8. The molecule has 1 aliphatic rings. The van der Waals surface area contributed by atoms with Crippen molar-refractivity contribution in [3.05, 3.63) is 53.8 Å². The standard InChI is InChI=1S/C24H31FN4O4/c1-15-12-26-16(2)14-33-21-10-9-17(11-18(21)23(30)29(3)13-22(15)32-4)27-24(31)28-20-8-6-5-7-19(20)25/h5-11,15-16,22,26H,12-14H2,1-4H3,(H2,27,28,31)/t15-,16-,22+/m1/s1. The van der Waals surface area contributed by atoms with Crippen molar-refractivity contribution in [2.45, 2.75) is 26.0 Å². The Balaban J connectivity index is 1.83. The first-order valence-electron chi connectivity index (χ1n) is 10.9. The van der Waals surface area contributed by atoms with E-state index >= 15 is 0 Å². The Labute approximate surface area is 193 Å². The fourth-order valence-electron chi connectivity index (χ4n) is 3.59. The number of rotatable bonds is 3. The summed E-state index contributed by atoms with van der Waals surface area (Å²) < 4.78 is 25.4. The van der Waals surface area contributed by atoms with Crippen LogP contribution in [0.5, 0.6) is 5.75 Å². The number of nitrogens with zero attached hydrogens (tertiary/aromatic N) is 1. The van der Waals surface area contributed by atoms with Crippen LogP contribution in [0.25, 0.3) is 0 Å². The SMILES string of the molecule is CO[C@H]1CN(C)C(=O)c2cc(NC(=O)Nc3ccccc3F)ccc2OC[C@@H](C)NC[C@H]1C. The lowest BCUT2D eigenvalue weighted by atomic mass is 10.0. The third-order valence-corrected chi connectivity index (χ3v) is 5.60. The summed E-state index contributed by atoms with van der Waals surface area (Å²) in [5.74, 6) is -0.191. The van der Waals surface area contributed by atoms with Gasteiger partial charge in [0.2, 0.25) is 0 Å². The van der Waals surface area contributed by atoms with E-state index in [1.807, 2.05) is 6.92 Å². The van der Waals surface area contributed by atoms with Gasteiger partial charge in [-0.05, 0) is 43.2 Å². The van der Waals surface area contributed by atoms with Crippen LogP contribution in [0.1, 0.15) is 24.2 Å². The minimum absolute atomic E-state index is 0.0571. The summed E-state index contributed by atoms with van der Waals surface area (Å²) >= 11 is 0. The molecular formula is C24H31FN4O4. The van der Waals surface area contributed by atoms with Crippen molar-refractivity contribution in [1.29, 1.82) is 0 Å². The zero-order chi connectivity index (χ0) is 24.0. The van der Waals surface area contributed by atoms with E-state index in [1.54, 1.807) is 43.3 Å². The number of likely N-dealkylation sites (N-methyl/N-ethyl adjacent to an activating group) is 1. The Morgan fingerprint density at radius 2 is 1.97 bits per heavy atom. The number of hydrogen-bond donors (Lipinski definition) is 3. The molecule has 0 aliphatic carbocycles. The minimum atomic E-state index is -0.624. The van der Waals surface area contributed by atoms with Crippen molar-refractivity contribution in [3.8, 4) is 5.75 Å². The number of anilines is 2. The fraction of sp³-hybridized carbons (Fsp3) is 0.417. The van der Waals surface area contributed by atoms with Crippen molar-refractivity contribution in [2.24, 2.45) is 5.92 Å². The third kappa shape index (κ3) is 6.43. The van der Waals surface area contributed by atoms with Crippen molar-refractivity contribution in [2.75, 3.05) is 44.5 Å². The molecule has 0 fully saturated rings. The van der Waals surface area contributed by atoms with Gasteiger partial charge in [-0.15, -0.1) is 0 Å². The molecule has 3 atom stereocenters. The monoisotopic (exact) mass is 458 g/mol. The van der Waals surface area contributed by atoms with E-state index in [9.17, 15) is 14.0 Å². The van der Waals surface area contributed by atoms with Gasteiger partial charge < -0.3 is 30.3 Å². The number of para-hydroxylation sites is 1. The molecule has 0 saturated heterocycles. The summed E-state index contributed by atoms with van der Waals surface area (Å²) in [5, 5.41) is 8.54. The quantitative estimate of drug-likeness (QED) is 0.654. The number of hydrogen-bond acceptors (Lipinski definition) is 5. The highest BCUT2D eigenvalue weighted by atomic mass is 19.1. The first-order chi connectivity index (χ1) is 15.8. The molecular weight excluding hydrogens is 427 g/mol. The van der Waals surface area contributed by atoms with Gasteiger partial charge in [-0.2, -0.15) is 0 Å². The van der Waals surface area contributed by atoms with Gasteiger partial charge >= 0.3 is 6.03 Å². The van der Waals surface area contributed by atoms with Crippen LogP contribution in [0.4, 0.5) is 20.6 Å². The number of nitrogens with one attached hydrogen (secondary N) is 3. The van der Waals surface area contributed by atoms with Crippen LogP contribution in [0.2, 0.25) is 0 Å². The van der Waals surface area contributed by atoms with Crippen LogP contribution in [-0.2, 0) is 4.74 Å². The topological polar surface area (TPSA) is 91.9 Å². The average molecular weight is 459 g/mol. The van der Waals surface area contributed by atoms with E-state index in [4.69, 9.17) is 9.47 Å². The first kappa shape index (κ1) is 24.5. The Morgan fingerprint density at radius 1 is 1.21 bits per heavy atom. The van der Waals surface area contributed by atoms with Gasteiger partial charge in [-0.25, -0.2) is 9.18 Å². The lowest BCUT2D eigenvalue weighted by molar-refractivity contribution is 0.0281. The molecule has 9 heteroatoms. The van der Waals surface area contributed by atoms with Crippen molar-refractivity contribution in [1.82, 2.24) is 10.2 Å². The van der Waals surface area contributed by atoms with Crippen LogP contribution < -0.4 is 20.7 Å². The Kier molecular flexibility index (Phi) is 8.24. The number of benzene rings is 2. The number of halogens is 1. The highest BCUT2D eigenvalue weighted by Gasteiger charge is 2.25. The first-order valence-corrected chi connectivity index (χ1v) is 10.9. The van der Waals surface area contributed by atoms with Gasteiger partial charge in [-0.3, -0.25) is 4.79 Å². The maximum Gasteiger partial charge on any atom is 0.323 e. The second-order valence-electron chi connectivity index (χ2n) is 8.33. The molecule has 3 N–H and O–H groups in total. The summed E-state index contributed by atoms with van der Waals surface area (Å²) in [6.07, 6.45) is -0.143. The second-order valence-corrected chi connectivity index (χ2v) is 8.33. The van der Waals surface area contributed by atoms with E-state index in [0.29, 0.717) is 30.2 Å². The number of amides is 3. The maximum atomic E-state index is 13.8. The summed E-state index contributed by atoms with van der Waals surface area (Å²) in [7, 11) is 3.35. The smallest absolute Gasteiger partial charge is 0.323 e. The van der Waals surface area contributed by atoms with Crippen molar-refractivity contribution in [3.63, 3.8) is 0 Å². The van der Waals surface area contributed by atoms with E-state index in [-0.39, 0.29) is 29.7 Å². The van der Waals surface area contributed by atoms with Gasteiger partial charge in [0.15, 0.2) is 0 Å². The molecule has 0 spiro atoms. The van der Waals surface area contributed by atoms with Gasteiger partial charge in [-0.1, -0.05) is 19.1 Å². The molecule has 0 unspecified atom stereocenters. The molecule has 1 heterocycles. The Morgan fingerprint density at radius 3 is 2.70 bits per heavy atom. The summed E-state index contributed by atoms with van der Waals surface area (Å²) in [6.45, 7) is 5.59. The molecule has 2 aromatic rings. The second kappa shape index (κ2) is 11.1. The molecule has 2 aromatic carbocycles. The summed E-state index contributed by atoms with van der Waals surface area (Å²) in [5.41, 5.74) is 0.751. The predicted octanol–water partition coefficient (Wildman–Crippen LogP) is 3.56. The average Bonchev–Trinajstić information content (AvgIpc) is 2.80. The Bertz CT molecular complexity index is 987. The zero-order valence-electron chi connectivity index (χ0n) is 19.4. The zero-order valence-corrected chi connectivity index (χ0v) is 19.4. The van der Waals surface area contributed by atoms with Crippen LogP contribution in [0.15, 0.2) is 42.5 Å². The lowest BCUT2D eigenvalue weighted by Crippen LogP contribution is -2.44. The van der Waals surface area contributed by atoms with Crippen LogP contribution in [-0.4, -0.2) is 62.8 Å². The number of carbonyl (C=O) groups excluding carboxylic acids is 2. The largest absolute Gasteiger partial charge is 0.491 e. The molecule has 0 radical (unpaired) electrons. The van der Waals surface area contributed by atoms with E-state index < -0.39 is 11.8 Å². The molecule has 3 amide bonds. The number of methoxy groups -OCH3 is 1. The summed E-state index contributed by atoms with van der Waals surface area (Å²) in [4.78, 5) is 27.2. The lowest BCUT2D eigenvalue weighted by Gasteiger charge is -2.30. The number of fused-ring (bicyclic) bond motifs is 1. The third-order valence-electron chi connectivity index (χ3n) is 5.60. The molecule has 0 bridgehead atoms. The van der Waals surface area contributed by atoms with Crippen molar-refractivity contribution < 1.29 is 23.5 Å². The minimum Gasteiger partial charge on any atom is -0.491 e. The predicted molar refractivity (Wildman–Crippen MR) is 125 cm³/mol. The fourth-order valence-corrected chi connectivity index (χ4v) is 3.59. The van der Waals surface area contributed by atoms with Gasteiger partial charge in [0.1, 0.15) is 18.2 Å². The summed E-state index contributed by atoms with van der Waals surface area (Å²) in [6, 6.07) is 10.2. The maximum absolute atomic E-state index is 13.8. The van der Waals surface area contributed by atoms with Crippen molar-refractivity contribution >= 4 is 23.3 Å². The molecule has 0 saturated carbocycles. The molecule has 178 valence electrons. The highest BCUT2D eigenvalue weighted by Crippen LogP contribution is 2.26. The van der Waals surface area contributed by atoms with Crippen LogP contribution in [0, 0.1) is 11.7 Å². The van der Waals surface area contributed by atoms with Crippen LogP contribution >= 0.6 is 0 Å². The molecule has 33 heavy (non-hydrogen) atoms. The van der Waals surface area contributed by atoms with Gasteiger partial charge in [0.05, 0.1) is 17.4 Å². The Hall–Kier alpha value is -3.17. The van der Waals surface area contributed by atoms with Crippen LogP contribution in [0.3, 0.4) is 0 Å². The molecule has 1 aliphatic heterocycles. The number of ether oxygens (including phenoxy) is 2. The van der Waals surface area contributed by atoms with E-state index in [0.717, 1.165) is 6.54 Å². The molecule has 3 rings (SSSR count). The van der Waals surface area contributed by atoms with Gasteiger partial charge in [0.25, 0.3) is 5.91 Å². The number of urea groups is 1. The molecule has 8 nitrogen and oxygen atoms in total. The highest BCUT2D eigenvalue weighted by molar-refractivity contribution is 6.02.